The average Bonchev–Trinajstić information content (AvgIpc) is 3.40. The van der Waals surface area contributed by atoms with E-state index < -0.39 is 0 Å². The number of fused-ring (bicyclic) bond motifs is 1. The van der Waals surface area contributed by atoms with Gasteiger partial charge in [0.05, 0.1) is 16.8 Å². The summed E-state index contributed by atoms with van der Waals surface area (Å²) in [4.78, 5) is 18.7. The summed E-state index contributed by atoms with van der Waals surface area (Å²) >= 11 is 0. The molecule has 1 saturated heterocycles. The van der Waals surface area contributed by atoms with Crippen molar-refractivity contribution in [1.82, 2.24) is 15.0 Å². The minimum atomic E-state index is 0.0248. The molecule has 1 N–H and O–H groups in total. The van der Waals surface area contributed by atoms with Gasteiger partial charge < -0.3 is 19.1 Å². The van der Waals surface area contributed by atoms with E-state index in [1.54, 1.807) is 0 Å². The van der Waals surface area contributed by atoms with Crippen molar-refractivity contribution in [3.63, 3.8) is 0 Å². The number of para-hydroxylation sites is 2. The number of aromatic nitrogens is 2. The van der Waals surface area contributed by atoms with Crippen molar-refractivity contribution in [2.45, 2.75) is 39.2 Å². The Hall–Kier alpha value is -3.54. The molecule has 6 heteroatoms. The summed E-state index contributed by atoms with van der Waals surface area (Å²) in [6, 6.07) is 15.9. The standard InChI is InChI=1S/C26H27N3O3/c1-17-23(18(2)32-28-17)16-31-25-10-6-4-8-21(25)26(30)29-13-11-19(12-14-29)22-15-27-24-9-5-3-7-20(22)24/h3-10,15,19,27H,11-14,16H2,1-2H3. The van der Waals surface area contributed by atoms with Crippen molar-refractivity contribution in [3.8, 4) is 5.75 Å². The Kier molecular flexibility index (Phi) is 5.43. The largest absolute Gasteiger partial charge is 0.488 e. The van der Waals surface area contributed by atoms with Gasteiger partial charge in [-0.2, -0.15) is 0 Å². The normalized spacial score (nSPS) is 14.8. The quantitative estimate of drug-likeness (QED) is 0.463. The molecule has 0 unspecified atom stereocenters. The summed E-state index contributed by atoms with van der Waals surface area (Å²) in [7, 11) is 0. The van der Waals surface area contributed by atoms with Crippen LogP contribution >= 0.6 is 0 Å². The molecule has 0 bridgehead atoms. The number of hydrogen-bond donors (Lipinski definition) is 1. The highest BCUT2D eigenvalue weighted by Gasteiger charge is 2.27. The zero-order valence-corrected chi connectivity index (χ0v) is 18.4. The van der Waals surface area contributed by atoms with Crippen molar-refractivity contribution in [2.75, 3.05) is 13.1 Å². The molecule has 0 atom stereocenters. The van der Waals surface area contributed by atoms with Crippen molar-refractivity contribution in [1.29, 1.82) is 0 Å². The van der Waals surface area contributed by atoms with Crippen LogP contribution in [0.25, 0.3) is 10.9 Å². The minimum absolute atomic E-state index is 0.0248. The number of benzene rings is 2. The molecule has 0 aliphatic carbocycles. The van der Waals surface area contributed by atoms with E-state index in [0.29, 0.717) is 23.8 Å². The SMILES string of the molecule is Cc1noc(C)c1COc1ccccc1C(=O)N1CCC(c2c[nH]c3ccccc23)CC1. The number of ether oxygens (including phenoxy) is 1. The number of nitrogens with zero attached hydrogens (tertiary/aromatic N) is 2. The van der Waals surface area contributed by atoms with Gasteiger partial charge in [-0.25, -0.2) is 0 Å². The molecule has 0 spiro atoms. The number of likely N-dealkylation sites (tertiary alicyclic amines) is 1. The molecule has 2 aromatic heterocycles. The molecule has 6 nitrogen and oxygen atoms in total. The van der Waals surface area contributed by atoms with Crippen molar-refractivity contribution in [3.05, 3.63) is 82.9 Å². The van der Waals surface area contributed by atoms with E-state index >= 15 is 0 Å². The average molecular weight is 430 g/mol. The van der Waals surface area contributed by atoms with Crippen LogP contribution in [-0.4, -0.2) is 34.0 Å². The second-order valence-electron chi connectivity index (χ2n) is 8.44. The third kappa shape index (κ3) is 3.77. The lowest BCUT2D eigenvalue weighted by molar-refractivity contribution is 0.0708. The van der Waals surface area contributed by atoms with E-state index in [9.17, 15) is 4.79 Å². The number of amides is 1. The topological polar surface area (TPSA) is 71.4 Å². The van der Waals surface area contributed by atoms with Gasteiger partial charge in [-0.3, -0.25) is 4.79 Å². The maximum atomic E-state index is 13.3. The number of H-pyrrole nitrogens is 1. The first-order chi connectivity index (χ1) is 15.6. The third-order valence-electron chi connectivity index (χ3n) is 6.51. The number of aryl methyl sites for hydroxylation is 2. The van der Waals surface area contributed by atoms with Crippen LogP contribution in [0.4, 0.5) is 0 Å². The van der Waals surface area contributed by atoms with E-state index in [0.717, 1.165) is 42.9 Å². The smallest absolute Gasteiger partial charge is 0.257 e. The maximum absolute atomic E-state index is 13.3. The van der Waals surface area contributed by atoms with Crippen molar-refractivity contribution in [2.24, 2.45) is 0 Å². The van der Waals surface area contributed by atoms with E-state index in [1.165, 1.54) is 16.5 Å². The molecule has 2 aromatic carbocycles. The zero-order valence-electron chi connectivity index (χ0n) is 18.4. The molecule has 1 fully saturated rings. The van der Waals surface area contributed by atoms with Gasteiger partial charge in [0.1, 0.15) is 18.1 Å². The van der Waals surface area contributed by atoms with Gasteiger partial charge in [0.15, 0.2) is 0 Å². The molecule has 32 heavy (non-hydrogen) atoms. The summed E-state index contributed by atoms with van der Waals surface area (Å²) in [6.45, 7) is 5.56. The highest BCUT2D eigenvalue weighted by Crippen LogP contribution is 2.34. The van der Waals surface area contributed by atoms with E-state index in [1.807, 2.05) is 43.0 Å². The Bertz CT molecular complexity index is 1230. The predicted octanol–water partition coefficient (Wildman–Crippen LogP) is 5.37. The summed E-state index contributed by atoms with van der Waals surface area (Å²) in [6.07, 6.45) is 4.04. The van der Waals surface area contributed by atoms with Gasteiger partial charge in [0, 0.05) is 30.2 Å². The molecule has 1 aliphatic heterocycles. The Morgan fingerprint density at radius 1 is 1.12 bits per heavy atom. The first-order valence-electron chi connectivity index (χ1n) is 11.1. The van der Waals surface area contributed by atoms with Crippen LogP contribution in [-0.2, 0) is 6.61 Å². The van der Waals surface area contributed by atoms with Gasteiger partial charge in [0.2, 0.25) is 0 Å². The Labute approximate surface area is 187 Å². The first kappa shape index (κ1) is 20.4. The number of hydrogen-bond acceptors (Lipinski definition) is 4. The molecular formula is C26H27N3O3. The van der Waals surface area contributed by atoms with E-state index in [4.69, 9.17) is 9.26 Å². The minimum Gasteiger partial charge on any atom is -0.488 e. The molecule has 0 saturated carbocycles. The third-order valence-corrected chi connectivity index (χ3v) is 6.51. The number of rotatable bonds is 5. The van der Waals surface area contributed by atoms with Gasteiger partial charge in [-0.15, -0.1) is 0 Å². The van der Waals surface area contributed by atoms with Gasteiger partial charge in [0.25, 0.3) is 5.91 Å². The number of carbonyl (C=O) groups is 1. The monoisotopic (exact) mass is 429 g/mol. The lowest BCUT2D eigenvalue weighted by atomic mass is 9.89. The number of carbonyl (C=O) groups excluding carboxylic acids is 1. The highest BCUT2D eigenvalue weighted by atomic mass is 16.5. The van der Waals surface area contributed by atoms with Crippen LogP contribution < -0.4 is 4.74 Å². The zero-order chi connectivity index (χ0) is 22.1. The fraction of sp³-hybridized carbons (Fsp3) is 0.308. The van der Waals surface area contributed by atoms with Crippen LogP contribution in [0.3, 0.4) is 0 Å². The second-order valence-corrected chi connectivity index (χ2v) is 8.44. The molecule has 164 valence electrons. The highest BCUT2D eigenvalue weighted by molar-refractivity contribution is 5.97. The Morgan fingerprint density at radius 2 is 1.88 bits per heavy atom. The molecule has 5 rings (SSSR count). The van der Waals surface area contributed by atoms with Gasteiger partial charge in [-0.05, 0) is 56.4 Å². The summed E-state index contributed by atoms with van der Waals surface area (Å²) < 4.78 is 11.2. The molecule has 3 heterocycles. The van der Waals surface area contributed by atoms with Crippen LogP contribution in [0, 0.1) is 13.8 Å². The number of aromatic amines is 1. The van der Waals surface area contributed by atoms with Gasteiger partial charge in [-0.1, -0.05) is 35.5 Å². The first-order valence-corrected chi connectivity index (χ1v) is 11.1. The lowest BCUT2D eigenvalue weighted by Crippen LogP contribution is -2.38. The molecular weight excluding hydrogens is 402 g/mol. The Morgan fingerprint density at radius 3 is 2.66 bits per heavy atom. The van der Waals surface area contributed by atoms with Crippen LogP contribution in [0.5, 0.6) is 5.75 Å². The number of piperidine rings is 1. The fourth-order valence-electron chi connectivity index (χ4n) is 4.62. The van der Waals surface area contributed by atoms with E-state index in [2.05, 4.69) is 40.6 Å². The summed E-state index contributed by atoms with van der Waals surface area (Å²) in [5.41, 5.74) is 4.86. The fourth-order valence-corrected chi connectivity index (χ4v) is 4.62. The molecule has 1 aliphatic rings. The molecule has 4 aromatic rings. The Balaban J connectivity index is 1.27. The van der Waals surface area contributed by atoms with Crippen LogP contribution in [0.1, 0.15) is 51.7 Å². The molecule has 1 amide bonds. The second kappa shape index (κ2) is 8.54. The number of nitrogens with one attached hydrogen (secondary N) is 1. The lowest BCUT2D eigenvalue weighted by Gasteiger charge is -2.32. The van der Waals surface area contributed by atoms with Crippen molar-refractivity contribution >= 4 is 16.8 Å². The maximum Gasteiger partial charge on any atom is 0.257 e. The van der Waals surface area contributed by atoms with Crippen molar-refractivity contribution < 1.29 is 14.1 Å². The molecule has 0 radical (unpaired) electrons. The summed E-state index contributed by atoms with van der Waals surface area (Å²) in [5.74, 6) is 1.82. The summed E-state index contributed by atoms with van der Waals surface area (Å²) in [5, 5.41) is 5.26. The predicted molar refractivity (Wildman–Crippen MR) is 123 cm³/mol. The van der Waals surface area contributed by atoms with Crippen LogP contribution in [0.2, 0.25) is 0 Å². The van der Waals surface area contributed by atoms with Crippen LogP contribution in [0.15, 0.2) is 59.3 Å². The van der Waals surface area contributed by atoms with Gasteiger partial charge >= 0.3 is 0 Å². The van der Waals surface area contributed by atoms with E-state index in [-0.39, 0.29) is 5.91 Å².